The van der Waals surface area contributed by atoms with Gasteiger partial charge in [0.1, 0.15) is 10.8 Å². The van der Waals surface area contributed by atoms with E-state index >= 15 is 0 Å². The van der Waals surface area contributed by atoms with Crippen LogP contribution in [0.1, 0.15) is 31.4 Å². The maximum Gasteiger partial charge on any atom is 0.229 e. The fraction of sp³-hybridized carbons (Fsp3) is 0.450. The highest BCUT2D eigenvalue weighted by Gasteiger charge is 2.27. The number of hydrogen-bond donors (Lipinski definition) is 1. The van der Waals surface area contributed by atoms with Gasteiger partial charge in [-0.25, -0.2) is 4.98 Å². The van der Waals surface area contributed by atoms with Gasteiger partial charge in [-0.05, 0) is 38.3 Å². The van der Waals surface area contributed by atoms with E-state index in [4.69, 9.17) is 27.9 Å². The van der Waals surface area contributed by atoms with Gasteiger partial charge in [0.25, 0.3) is 0 Å². The Bertz CT molecular complexity index is 866. The van der Waals surface area contributed by atoms with Crippen molar-refractivity contribution in [2.45, 2.75) is 32.6 Å². The highest BCUT2D eigenvalue weighted by atomic mass is 35.5. The van der Waals surface area contributed by atoms with Gasteiger partial charge >= 0.3 is 0 Å². The van der Waals surface area contributed by atoms with E-state index in [2.05, 4.69) is 10.3 Å². The largest absolute Gasteiger partial charge is 0.492 e. The van der Waals surface area contributed by atoms with Gasteiger partial charge in [-0.2, -0.15) is 0 Å². The first kappa shape index (κ1) is 21.9. The number of aryl methyl sites for hydroxylation is 1. The van der Waals surface area contributed by atoms with E-state index in [0.29, 0.717) is 66.3 Å². The van der Waals surface area contributed by atoms with Gasteiger partial charge in [-0.1, -0.05) is 29.3 Å². The number of nitrogens with one attached hydrogen (secondary N) is 1. The maximum absolute atomic E-state index is 12.4. The third kappa shape index (κ3) is 6.07. The number of carbonyl (C=O) groups is 2. The Morgan fingerprint density at radius 3 is 2.76 bits per heavy atom. The molecule has 1 aromatic carbocycles. The van der Waals surface area contributed by atoms with Gasteiger partial charge in [-0.3, -0.25) is 9.59 Å². The van der Waals surface area contributed by atoms with Gasteiger partial charge in [0, 0.05) is 30.8 Å². The van der Waals surface area contributed by atoms with E-state index in [9.17, 15) is 9.59 Å². The number of halogens is 2. The van der Waals surface area contributed by atoms with E-state index < -0.39 is 0 Å². The van der Waals surface area contributed by atoms with E-state index in [1.54, 1.807) is 18.2 Å². The summed E-state index contributed by atoms with van der Waals surface area (Å²) in [5.74, 6) is 0.504. The van der Waals surface area contributed by atoms with Crippen LogP contribution in [0.4, 0.5) is 5.13 Å². The van der Waals surface area contributed by atoms with Crippen LogP contribution in [-0.2, 0) is 9.59 Å². The molecule has 1 N–H and O–H groups in total. The molecule has 1 aromatic heterocycles. The monoisotopic (exact) mass is 455 g/mol. The Balaban J connectivity index is 1.36. The fourth-order valence-corrected chi connectivity index (χ4v) is 4.21. The second-order valence-electron chi connectivity index (χ2n) is 6.94. The molecule has 1 aliphatic heterocycles. The molecule has 0 spiro atoms. The molecular weight excluding hydrogens is 433 g/mol. The molecule has 9 heteroatoms. The zero-order valence-corrected chi connectivity index (χ0v) is 18.4. The van der Waals surface area contributed by atoms with E-state index in [1.165, 1.54) is 11.3 Å². The van der Waals surface area contributed by atoms with Gasteiger partial charge < -0.3 is 15.0 Å². The van der Waals surface area contributed by atoms with Crippen molar-refractivity contribution in [3.63, 3.8) is 0 Å². The summed E-state index contributed by atoms with van der Waals surface area (Å²) in [6.07, 6.45) is 2.31. The summed E-state index contributed by atoms with van der Waals surface area (Å²) >= 11 is 13.5. The van der Waals surface area contributed by atoms with Crippen LogP contribution in [-0.4, -0.2) is 41.4 Å². The summed E-state index contributed by atoms with van der Waals surface area (Å²) in [6, 6.07) is 5.21. The van der Waals surface area contributed by atoms with Crippen molar-refractivity contribution >= 4 is 51.5 Å². The highest BCUT2D eigenvalue weighted by Crippen LogP contribution is 2.31. The molecule has 0 bridgehead atoms. The summed E-state index contributed by atoms with van der Waals surface area (Å²) in [6.45, 7) is 3.46. The third-order valence-corrected chi connectivity index (χ3v) is 6.45. The number of nitrogens with zero attached hydrogens (tertiary/aromatic N) is 2. The van der Waals surface area contributed by atoms with E-state index in [1.807, 2.05) is 17.2 Å². The summed E-state index contributed by atoms with van der Waals surface area (Å²) in [7, 11) is 0. The Kier molecular flexibility index (Phi) is 7.75. The number of piperidine rings is 1. The topological polar surface area (TPSA) is 71.5 Å². The lowest BCUT2D eigenvalue weighted by Gasteiger charge is -2.31. The SMILES string of the molecule is Cc1csc(NC(=O)C2CCN(C(=O)CCCOc3cccc(Cl)c3Cl)CC2)n1. The first-order valence-corrected chi connectivity index (χ1v) is 11.1. The fourth-order valence-electron chi connectivity index (χ4n) is 3.17. The summed E-state index contributed by atoms with van der Waals surface area (Å²) in [4.78, 5) is 30.9. The quantitative estimate of drug-likeness (QED) is 0.608. The Morgan fingerprint density at radius 2 is 2.07 bits per heavy atom. The smallest absolute Gasteiger partial charge is 0.229 e. The van der Waals surface area contributed by atoms with Crippen LogP contribution in [0, 0.1) is 12.8 Å². The average molecular weight is 456 g/mol. The van der Waals surface area contributed by atoms with Crippen molar-refractivity contribution < 1.29 is 14.3 Å². The lowest BCUT2D eigenvalue weighted by Crippen LogP contribution is -2.41. The highest BCUT2D eigenvalue weighted by molar-refractivity contribution is 7.13. The molecular formula is C20H23Cl2N3O3S. The van der Waals surface area contributed by atoms with Crippen molar-refractivity contribution in [3.8, 4) is 5.75 Å². The molecule has 1 fully saturated rings. The molecule has 29 heavy (non-hydrogen) atoms. The van der Waals surface area contributed by atoms with Crippen LogP contribution >= 0.6 is 34.5 Å². The standard InChI is InChI=1S/C20H23Cl2N3O3S/c1-13-12-29-20(23-13)24-19(27)14-7-9-25(10-8-14)17(26)6-3-11-28-16-5-2-4-15(21)18(16)22/h2,4-5,12,14H,3,6-11H2,1H3,(H,23,24,27). The number of hydrogen-bond acceptors (Lipinski definition) is 5. The molecule has 0 saturated carbocycles. The number of amides is 2. The minimum atomic E-state index is -0.0865. The summed E-state index contributed by atoms with van der Waals surface area (Å²) < 4.78 is 5.62. The third-order valence-electron chi connectivity index (χ3n) is 4.78. The van der Waals surface area contributed by atoms with Crippen LogP contribution in [0.2, 0.25) is 10.0 Å². The number of aromatic nitrogens is 1. The number of carbonyl (C=O) groups excluding carboxylic acids is 2. The Morgan fingerprint density at radius 1 is 1.31 bits per heavy atom. The normalized spacial score (nSPS) is 14.7. The lowest BCUT2D eigenvalue weighted by atomic mass is 9.95. The van der Waals surface area contributed by atoms with Crippen molar-refractivity contribution in [1.29, 1.82) is 0 Å². The first-order chi connectivity index (χ1) is 13.9. The molecule has 6 nitrogen and oxygen atoms in total. The summed E-state index contributed by atoms with van der Waals surface area (Å²) in [5, 5.41) is 6.23. The molecule has 1 saturated heterocycles. The number of anilines is 1. The average Bonchev–Trinajstić information content (AvgIpc) is 3.12. The second-order valence-corrected chi connectivity index (χ2v) is 8.59. The summed E-state index contributed by atoms with van der Waals surface area (Å²) in [5.41, 5.74) is 0.896. The number of ether oxygens (including phenoxy) is 1. The van der Waals surface area contributed by atoms with Crippen molar-refractivity contribution in [3.05, 3.63) is 39.3 Å². The zero-order valence-electron chi connectivity index (χ0n) is 16.1. The van der Waals surface area contributed by atoms with Gasteiger partial charge in [0.05, 0.1) is 17.3 Å². The molecule has 2 aromatic rings. The molecule has 0 atom stereocenters. The van der Waals surface area contributed by atoms with Gasteiger partial charge in [-0.15, -0.1) is 11.3 Å². The van der Waals surface area contributed by atoms with Crippen LogP contribution in [0.25, 0.3) is 0 Å². The minimum absolute atomic E-state index is 0.0155. The predicted molar refractivity (Wildman–Crippen MR) is 116 cm³/mol. The number of thiazole rings is 1. The number of likely N-dealkylation sites (tertiary alicyclic amines) is 1. The molecule has 0 aliphatic carbocycles. The molecule has 156 valence electrons. The van der Waals surface area contributed by atoms with Crippen molar-refractivity contribution in [2.24, 2.45) is 5.92 Å². The first-order valence-electron chi connectivity index (χ1n) is 9.51. The zero-order chi connectivity index (χ0) is 20.8. The van der Waals surface area contributed by atoms with E-state index in [0.717, 1.165) is 5.69 Å². The molecule has 1 aliphatic rings. The molecule has 2 amide bonds. The molecule has 2 heterocycles. The van der Waals surface area contributed by atoms with Crippen LogP contribution in [0.15, 0.2) is 23.6 Å². The lowest BCUT2D eigenvalue weighted by molar-refractivity contribution is -0.134. The second kappa shape index (κ2) is 10.3. The maximum atomic E-state index is 12.4. The van der Waals surface area contributed by atoms with Crippen molar-refractivity contribution in [1.82, 2.24) is 9.88 Å². The molecule has 3 rings (SSSR count). The van der Waals surface area contributed by atoms with Crippen LogP contribution in [0.5, 0.6) is 5.75 Å². The van der Waals surface area contributed by atoms with Gasteiger partial charge in [0.2, 0.25) is 11.8 Å². The Labute approximate surface area is 184 Å². The van der Waals surface area contributed by atoms with Gasteiger partial charge in [0.15, 0.2) is 5.13 Å². The van der Waals surface area contributed by atoms with E-state index in [-0.39, 0.29) is 17.7 Å². The molecule has 0 unspecified atom stereocenters. The van der Waals surface area contributed by atoms with Crippen LogP contribution < -0.4 is 10.1 Å². The number of rotatable bonds is 7. The van der Waals surface area contributed by atoms with Crippen molar-refractivity contribution in [2.75, 3.05) is 25.0 Å². The van der Waals surface area contributed by atoms with Crippen LogP contribution in [0.3, 0.4) is 0 Å². The minimum Gasteiger partial charge on any atom is -0.492 e. The predicted octanol–water partition coefficient (Wildman–Crippen LogP) is 4.79. The Hall–Kier alpha value is -1.83. The number of benzene rings is 1. The molecule has 0 radical (unpaired) electrons.